The fourth-order valence-electron chi connectivity index (χ4n) is 1.85. The number of carbonyl (C=O) groups excluding carboxylic acids is 2. The zero-order valence-electron chi connectivity index (χ0n) is 9.92. The molecule has 0 amide bonds. The number of ketones is 1. The first-order chi connectivity index (χ1) is 9.26. The van der Waals surface area contributed by atoms with Crippen LogP contribution in [0.2, 0.25) is 0 Å². The Morgan fingerprint density at radius 2 is 2.16 bits per heavy atom. The van der Waals surface area contributed by atoms with Crippen molar-refractivity contribution in [3.63, 3.8) is 0 Å². The van der Waals surface area contributed by atoms with Gasteiger partial charge in [0, 0.05) is 6.07 Å². The smallest absolute Gasteiger partial charge is 0.203 e. The van der Waals surface area contributed by atoms with Crippen LogP contribution >= 0.6 is 0 Å². The molecule has 1 aliphatic rings. The Morgan fingerprint density at radius 3 is 2.95 bits per heavy atom. The summed E-state index contributed by atoms with van der Waals surface area (Å²) >= 11 is 0. The molecule has 0 saturated carbocycles. The normalized spacial score (nSPS) is 12.9. The number of rotatable bonds is 4. The number of aldehydes is 1. The molecule has 0 spiro atoms. The molecular weight excluding hydrogens is 248 g/mol. The van der Waals surface area contributed by atoms with Crippen LogP contribution in [0.5, 0.6) is 11.5 Å². The minimum absolute atomic E-state index is 0.0248. The third-order valence-electron chi connectivity index (χ3n) is 2.79. The van der Waals surface area contributed by atoms with E-state index in [0.29, 0.717) is 29.1 Å². The van der Waals surface area contributed by atoms with Gasteiger partial charge in [-0.15, -0.1) is 0 Å². The van der Waals surface area contributed by atoms with Gasteiger partial charge in [-0.2, -0.15) is 0 Å². The second kappa shape index (κ2) is 4.61. The molecule has 1 aromatic heterocycles. The molecule has 0 bridgehead atoms. The first-order valence-electron chi connectivity index (χ1n) is 5.73. The number of fused-ring (bicyclic) bond motifs is 1. The highest BCUT2D eigenvalue weighted by Crippen LogP contribution is 2.29. The summed E-state index contributed by atoms with van der Waals surface area (Å²) in [6, 6.07) is 8.31. The molecule has 5 nitrogen and oxygen atoms in total. The van der Waals surface area contributed by atoms with E-state index in [9.17, 15) is 9.59 Å². The molecule has 1 aliphatic heterocycles. The predicted octanol–water partition coefficient (Wildman–Crippen LogP) is 2.25. The minimum Gasteiger partial charge on any atom is -0.486 e. The van der Waals surface area contributed by atoms with E-state index < -0.39 is 0 Å². The molecule has 0 atom stereocenters. The highest BCUT2D eigenvalue weighted by Gasteiger charge is 2.21. The topological polar surface area (TPSA) is 65.7 Å². The van der Waals surface area contributed by atoms with Crippen LogP contribution in [0.3, 0.4) is 0 Å². The van der Waals surface area contributed by atoms with Gasteiger partial charge in [-0.25, -0.2) is 0 Å². The highest BCUT2D eigenvalue weighted by atomic mass is 16.5. The van der Waals surface area contributed by atoms with Crippen molar-refractivity contribution >= 4 is 12.1 Å². The van der Waals surface area contributed by atoms with Crippen molar-refractivity contribution in [3.8, 4) is 11.5 Å². The van der Waals surface area contributed by atoms with E-state index in [1.165, 1.54) is 0 Å². The number of ether oxygens (including phenoxy) is 2. The summed E-state index contributed by atoms with van der Waals surface area (Å²) in [5.41, 5.74) is 0.577. The van der Waals surface area contributed by atoms with E-state index in [0.717, 1.165) is 0 Å². The predicted molar refractivity (Wildman–Crippen MR) is 64.7 cm³/mol. The molecular formula is C14H10O5. The van der Waals surface area contributed by atoms with Gasteiger partial charge in [0.2, 0.25) is 5.78 Å². The SMILES string of the molecule is O=Cc1ccc(COc2ccc3c(c2)OCC3=O)o1. The van der Waals surface area contributed by atoms with E-state index in [2.05, 4.69) is 0 Å². The summed E-state index contributed by atoms with van der Waals surface area (Å²) in [4.78, 5) is 21.8. The number of carbonyl (C=O) groups is 2. The monoisotopic (exact) mass is 258 g/mol. The Bertz CT molecular complexity index is 641. The van der Waals surface area contributed by atoms with Gasteiger partial charge in [-0.3, -0.25) is 9.59 Å². The number of hydrogen-bond donors (Lipinski definition) is 0. The fourth-order valence-corrected chi connectivity index (χ4v) is 1.85. The summed E-state index contributed by atoms with van der Waals surface area (Å²) in [7, 11) is 0. The van der Waals surface area contributed by atoms with E-state index in [1.807, 2.05) is 0 Å². The molecule has 0 N–H and O–H groups in total. The Kier molecular flexibility index (Phi) is 2.79. The maximum atomic E-state index is 11.4. The van der Waals surface area contributed by atoms with Crippen LogP contribution in [0.4, 0.5) is 0 Å². The summed E-state index contributed by atoms with van der Waals surface area (Å²) < 4.78 is 15.9. The van der Waals surface area contributed by atoms with E-state index >= 15 is 0 Å². The van der Waals surface area contributed by atoms with Gasteiger partial charge < -0.3 is 13.9 Å². The fraction of sp³-hybridized carbons (Fsp3) is 0.143. The number of hydrogen-bond acceptors (Lipinski definition) is 5. The lowest BCUT2D eigenvalue weighted by Crippen LogP contribution is -1.98. The average molecular weight is 258 g/mol. The first-order valence-corrected chi connectivity index (χ1v) is 5.73. The zero-order valence-corrected chi connectivity index (χ0v) is 9.92. The van der Waals surface area contributed by atoms with Crippen molar-refractivity contribution in [3.05, 3.63) is 47.4 Å². The summed E-state index contributed by atoms with van der Waals surface area (Å²) in [6.45, 7) is 0.292. The van der Waals surface area contributed by atoms with E-state index in [1.54, 1.807) is 30.3 Å². The standard InChI is InChI=1S/C14H10O5/c15-6-10-1-2-11(19-10)7-17-9-3-4-12-13(16)8-18-14(12)5-9/h1-6H,7-8H2. The van der Waals surface area contributed by atoms with Gasteiger partial charge in [0.1, 0.15) is 23.9 Å². The summed E-state index contributed by atoms with van der Waals surface area (Å²) in [5.74, 6) is 1.91. The third kappa shape index (κ3) is 2.22. The van der Waals surface area contributed by atoms with Gasteiger partial charge in [-0.1, -0.05) is 0 Å². The lowest BCUT2D eigenvalue weighted by Gasteiger charge is -2.05. The van der Waals surface area contributed by atoms with E-state index in [4.69, 9.17) is 13.9 Å². The van der Waals surface area contributed by atoms with Gasteiger partial charge >= 0.3 is 0 Å². The second-order valence-electron chi connectivity index (χ2n) is 4.08. The summed E-state index contributed by atoms with van der Waals surface area (Å²) in [6.07, 6.45) is 0.637. The average Bonchev–Trinajstić information content (AvgIpc) is 3.03. The number of furan rings is 1. The molecule has 19 heavy (non-hydrogen) atoms. The largest absolute Gasteiger partial charge is 0.486 e. The third-order valence-corrected chi connectivity index (χ3v) is 2.79. The Hall–Kier alpha value is -2.56. The van der Waals surface area contributed by atoms with Gasteiger partial charge in [0.15, 0.2) is 18.7 Å². The van der Waals surface area contributed by atoms with Crippen molar-refractivity contribution < 1.29 is 23.5 Å². The van der Waals surface area contributed by atoms with Crippen molar-refractivity contribution in [1.29, 1.82) is 0 Å². The molecule has 0 unspecified atom stereocenters. The molecule has 1 aromatic carbocycles. The molecule has 0 radical (unpaired) electrons. The molecule has 2 heterocycles. The Labute approximate surface area is 108 Å². The van der Waals surface area contributed by atoms with Crippen LogP contribution in [0.25, 0.3) is 0 Å². The molecule has 2 aromatic rings. The van der Waals surface area contributed by atoms with Crippen LogP contribution in [0, 0.1) is 0 Å². The Morgan fingerprint density at radius 1 is 1.26 bits per heavy atom. The van der Waals surface area contributed by atoms with Gasteiger partial charge in [0.05, 0.1) is 5.56 Å². The highest BCUT2D eigenvalue weighted by molar-refractivity contribution is 6.02. The molecule has 3 rings (SSSR count). The number of benzene rings is 1. The lowest BCUT2D eigenvalue weighted by molar-refractivity contribution is 0.0960. The van der Waals surface area contributed by atoms with Crippen molar-refractivity contribution in [2.24, 2.45) is 0 Å². The quantitative estimate of drug-likeness (QED) is 0.787. The second-order valence-corrected chi connectivity index (χ2v) is 4.08. The Balaban J connectivity index is 1.70. The zero-order chi connectivity index (χ0) is 13.2. The molecule has 0 fully saturated rings. The van der Waals surface area contributed by atoms with Gasteiger partial charge in [0.25, 0.3) is 0 Å². The molecule has 0 saturated heterocycles. The van der Waals surface area contributed by atoms with Crippen LogP contribution in [-0.4, -0.2) is 18.7 Å². The minimum atomic E-state index is -0.0248. The van der Waals surface area contributed by atoms with Crippen LogP contribution in [0.1, 0.15) is 26.7 Å². The summed E-state index contributed by atoms with van der Waals surface area (Å²) in [5, 5.41) is 0. The maximum absolute atomic E-state index is 11.4. The molecule has 5 heteroatoms. The van der Waals surface area contributed by atoms with Gasteiger partial charge in [-0.05, 0) is 24.3 Å². The lowest BCUT2D eigenvalue weighted by atomic mass is 10.1. The van der Waals surface area contributed by atoms with Crippen molar-refractivity contribution in [2.45, 2.75) is 6.61 Å². The molecule has 96 valence electrons. The van der Waals surface area contributed by atoms with Crippen LogP contribution < -0.4 is 9.47 Å². The first kappa shape index (κ1) is 11.5. The number of Topliss-reactive ketones (excluding diaryl/α,β-unsaturated/α-hetero) is 1. The van der Waals surface area contributed by atoms with Crippen molar-refractivity contribution in [2.75, 3.05) is 6.61 Å². The van der Waals surface area contributed by atoms with Crippen LogP contribution in [0.15, 0.2) is 34.7 Å². The van der Waals surface area contributed by atoms with E-state index in [-0.39, 0.29) is 24.8 Å². The van der Waals surface area contributed by atoms with Crippen LogP contribution in [-0.2, 0) is 6.61 Å². The maximum Gasteiger partial charge on any atom is 0.203 e. The molecule has 0 aliphatic carbocycles. The van der Waals surface area contributed by atoms with Crippen molar-refractivity contribution in [1.82, 2.24) is 0 Å².